The molecule has 1 aromatic carbocycles. The van der Waals surface area contributed by atoms with Crippen LogP contribution in [-0.4, -0.2) is 55.6 Å². The van der Waals surface area contributed by atoms with E-state index in [2.05, 4.69) is 4.90 Å². The van der Waals surface area contributed by atoms with Crippen molar-refractivity contribution in [3.8, 4) is 5.75 Å². The minimum atomic E-state index is -0.492. The van der Waals surface area contributed by atoms with Crippen LogP contribution in [0.15, 0.2) is 18.2 Å². The first kappa shape index (κ1) is 14.6. The molecule has 0 spiro atoms. The normalized spacial score (nSPS) is 18.3. The fourth-order valence-corrected chi connectivity index (χ4v) is 2.15. The lowest BCUT2D eigenvalue weighted by Crippen LogP contribution is -2.42. The number of rotatable bonds is 5. The summed E-state index contributed by atoms with van der Waals surface area (Å²) in [7, 11) is 0. The zero-order valence-electron chi connectivity index (χ0n) is 11.1. The third-order valence-electron chi connectivity index (χ3n) is 3.14. The molecule has 1 atom stereocenters. The summed E-state index contributed by atoms with van der Waals surface area (Å²) in [5.74, 6) is 0.739. The summed E-state index contributed by atoms with van der Waals surface area (Å²) in [6, 6.07) is 5.50. The number of nitrogens with zero attached hydrogens (tertiary/aromatic N) is 1. The molecular weight excluding hydrogens is 266 g/mol. The minimum absolute atomic E-state index is 0.290. The minimum Gasteiger partial charge on any atom is -0.491 e. The average molecular weight is 286 g/mol. The third kappa shape index (κ3) is 4.66. The summed E-state index contributed by atoms with van der Waals surface area (Å²) in [6.45, 7) is 6.07. The van der Waals surface area contributed by atoms with Crippen molar-refractivity contribution < 1.29 is 14.6 Å². The Hall–Kier alpha value is -0.810. The molecule has 0 saturated carbocycles. The van der Waals surface area contributed by atoms with Crippen LogP contribution in [0.5, 0.6) is 5.75 Å². The predicted molar refractivity (Wildman–Crippen MR) is 74.9 cm³/mol. The molecule has 1 aromatic rings. The Bertz CT molecular complexity index is 408. The molecule has 106 valence electrons. The lowest BCUT2D eigenvalue weighted by molar-refractivity contribution is 0.00465. The highest BCUT2D eigenvalue weighted by molar-refractivity contribution is 6.31. The van der Waals surface area contributed by atoms with Gasteiger partial charge in [-0.15, -0.1) is 0 Å². The molecule has 0 radical (unpaired) electrons. The van der Waals surface area contributed by atoms with Crippen molar-refractivity contribution in [3.05, 3.63) is 28.8 Å². The standard InChI is InChI=1S/C14H20ClNO3/c1-11-8-13(2-3-14(11)15)19-10-12(17)9-16-4-6-18-7-5-16/h2-3,8,12,17H,4-7,9-10H2,1H3/t12-/m0/s1. The number of hydrogen-bond acceptors (Lipinski definition) is 4. The smallest absolute Gasteiger partial charge is 0.119 e. The van der Waals surface area contributed by atoms with Crippen molar-refractivity contribution in [2.75, 3.05) is 39.5 Å². The van der Waals surface area contributed by atoms with Crippen LogP contribution in [0, 0.1) is 6.92 Å². The summed E-state index contributed by atoms with van der Waals surface area (Å²) in [6.07, 6.45) is -0.492. The largest absolute Gasteiger partial charge is 0.491 e. The van der Waals surface area contributed by atoms with Gasteiger partial charge in [0.05, 0.1) is 13.2 Å². The van der Waals surface area contributed by atoms with Gasteiger partial charge in [-0.1, -0.05) is 11.6 Å². The highest BCUT2D eigenvalue weighted by atomic mass is 35.5. The van der Waals surface area contributed by atoms with Crippen LogP contribution in [0.2, 0.25) is 5.02 Å². The van der Waals surface area contributed by atoms with Gasteiger partial charge >= 0.3 is 0 Å². The Morgan fingerprint density at radius 2 is 2.16 bits per heavy atom. The van der Waals surface area contributed by atoms with E-state index in [-0.39, 0.29) is 0 Å². The number of hydrogen-bond donors (Lipinski definition) is 1. The van der Waals surface area contributed by atoms with Gasteiger partial charge in [-0.2, -0.15) is 0 Å². The van der Waals surface area contributed by atoms with E-state index in [0.717, 1.165) is 42.6 Å². The first-order valence-corrected chi connectivity index (χ1v) is 6.90. The van der Waals surface area contributed by atoms with Crippen LogP contribution in [0.4, 0.5) is 0 Å². The molecule has 0 aliphatic carbocycles. The van der Waals surface area contributed by atoms with Gasteiger partial charge in [-0.3, -0.25) is 4.90 Å². The quantitative estimate of drug-likeness (QED) is 0.894. The SMILES string of the molecule is Cc1cc(OC[C@@H](O)CN2CCOCC2)ccc1Cl. The Labute approximate surface area is 118 Å². The zero-order valence-corrected chi connectivity index (χ0v) is 11.9. The maximum atomic E-state index is 9.95. The maximum Gasteiger partial charge on any atom is 0.119 e. The van der Waals surface area contributed by atoms with Crippen LogP contribution in [0.25, 0.3) is 0 Å². The van der Waals surface area contributed by atoms with Crippen molar-refractivity contribution in [1.82, 2.24) is 4.90 Å². The lowest BCUT2D eigenvalue weighted by atomic mass is 10.2. The molecule has 0 bridgehead atoms. The maximum absolute atomic E-state index is 9.95. The summed E-state index contributed by atoms with van der Waals surface area (Å²) in [5, 5.41) is 10.7. The second-order valence-electron chi connectivity index (χ2n) is 4.79. The van der Waals surface area contributed by atoms with Gasteiger partial charge in [-0.05, 0) is 30.7 Å². The Kier molecular flexibility index (Phi) is 5.45. The first-order chi connectivity index (χ1) is 9.15. The van der Waals surface area contributed by atoms with E-state index in [4.69, 9.17) is 21.1 Å². The number of β-amino-alcohol motifs (C(OH)–C–C–N with tert-alkyl or cyclic N) is 1. The molecule has 2 rings (SSSR count). The molecular formula is C14H20ClNO3. The fraction of sp³-hybridized carbons (Fsp3) is 0.571. The topological polar surface area (TPSA) is 41.9 Å². The Balaban J connectivity index is 1.75. The van der Waals surface area contributed by atoms with Crippen LogP contribution in [-0.2, 0) is 4.74 Å². The van der Waals surface area contributed by atoms with Crippen LogP contribution in [0.1, 0.15) is 5.56 Å². The van der Waals surface area contributed by atoms with E-state index >= 15 is 0 Å². The lowest BCUT2D eigenvalue weighted by Gasteiger charge is -2.28. The molecule has 4 nitrogen and oxygen atoms in total. The second-order valence-corrected chi connectivity index (χ2v) is 5.20. The van der Waals surface area contributed by atoms with E-state index < -0.39 is 6.10 Å². The Morgan fingerprint density at radius 3 is 2.84 bits per heavy atom. The van der Waals surface area contributed by atoms with Crippen molar-refractivity contribution in [1.29, 1.82) is 0 Å². The third-order valence-corrected chi connectivity index (χ3v) is 3.57. The van der Waals surface area contributed by atoms with Gasteiger partial charge in [0.15, 0.2) is 0 Å². The highest BCUT2D eigenvalue weighted by Crippen LogP contribution is 2.21. The number of morpholine rings is 1. The summed E-state index contributed by atoms with van der Waals surface area (Å²) >= 11 is 5.95. The number of ether oxygens (including phenoxy) is 2. The molecule has 5 heteroatoms. The van der Waals surface area contributed by atoms with Gasteiger partial charge in [0.1, 0.15) is 18.5 Å². The van der Waals surface area contributed by atoms with E-state index in [0.29, 0.717) is 13.2 Å². The number of halogens is 1. The molecule has 19 heavy (non-hydrogen) atoms. The predicted octanol–water partition coefficient (Wildman–Crippen LogP) is 1.72. The molecule has 1 N–H and O–H groups in total. The van der Waals surface area contributed by atoms with Crippen LogP contribution >= 0.6 is 11.6 Å². The van der Waals surface area contributed by atoms with Gasteiger partial charge in [0.25, 0.3) is 0 Å². The number of aryl methyl sites for hydroxylation is 1. The molecule has 0 unspecified atom stereocenters. The van der Waals surface area contributed by atoms with Gasteiger partial charge in [0.2, 0.25) is 0 Å². The number of benzene rings is 1. The molecule has 1 fully saturated rings. The van der Waals surface area contributed by atoms with E-state index in [9.17, 15) is 5.11 Å². The van der Waals surface area contributed by atoms with Gasteiger partial charge < -0.3 is 14.6 Å². The van der Waals surface area contributed by atoms with E-state index in [1.165, 1.54) is 0 Å². The van der Waals surface area contributed by atoms with Crippen molar-refractivity contribution >= 4 is 11.6 Å². The molecule has 0 aromatic heterocycles. The molecule has 1 aliphatic heterocycles. The van der Waals surface area contributed by atoms with Crippen molar-refractivity contribution in [3.63, 3.8) is 0 Å². The molecule has 1 aliphatic rings. The summed E-state index contributed by atoms with van der Waals surface area (Å²) in [4.78, 5) is 2.19. The highest BCUT2D eigenvalue weighted by Gasteiger charge is 2.15. The zero-order chi connectivity index (χ0) is 13.7. The molecule has 0 amide bonds. The van der Waals surface area contributed by atoms with Gasteiger partial charge in [0, 0.05) is 24.7 Å². The fourth-order valence-electron chi connectivity index (χ4n) is 2.03. The van der Waals surface area contributed by atoms with Crippen molar-refractivity contribution in [2.45, 2.75) is 13.0 Å². The molecule has 1 saturated heterocycles. The van der Waals surface area contributed by atoms with Gasteiger partial charge in [-0.25, -0.2) is 0 Å². The van der Waals surface area contributed by atoms with Crippen molar-refractivity contribution in [2.24, 2.45) is 0 Å². The second kappa shape index (κ2) is 7.10. The van der Waals surface area contributed by atoms with E-state index in [1.807, 2.05) is 19.1 Å². The molecule has 1 heterocycles. The van der Waals surface area contributed by atoms with E-state index in [1.54, 1.807) is 6.07 Å². The average Bonchev–Trinajstić information content (AvgIpc) is 2.41. The first-order valence-electron chi connectivity index (χ1n) is 6.52. The van der Waals surface area contributed by atoms with Crippen LogP contribution < -0.4 is 4.74 Å². The summed E-state index contributed by atoms with van der Waals surface area (Å²) in [5.41, 5.74) is 0.974. The summed E-state index contributed by atoms with van der Waals surface area (Å²) < 4.78 is 10.8. The van der Waals surface area contributed by atoms with Crippen LogP contribution in [0.3, 0.4) is 0 Å². The Morgan fingerprint density at radius 1 is 1.42 bits per heavy atom. The monoisotopic (exact) mass is 285 g/mol. The number of aliphatic hydroxyl groups is 1. The number of aliphatic hydroxyl groups excluding tert-OH is 1.